The average Bonchev–Trinajstić information content (AvgIpc) is 2.84. The Morgan fingerprint density at radius 1 is 1.12 bits per heavy atom. The van der Waals surface area contributed by atoms with Gasteiger partial charge in [0, 0.05) is 31.1 Å². The van der Waals surface area contributed by atoms with Crippen LogP contribution in [0.3, 0.4) is 0 Å². The maximum atomic E-state index is 12.1. The SMILES string of the molecule is CC/C=C\CC/C=C/[C@@H]1[C@@H](CC(=O)CCCC(O)C(=O)O)[C@@H](O)C[C@H]1O. The number of aliphatic carboxylic acids is 1. The molecule has 26 heavy (non-hydrogen) atoms. The van der Waals surface area contributed by atoms with Gasteiger partial charge in [-0.15, -0.1) is 0 Å². The summed E-state index contributed by atoms with van der Waals surface area (Å²) in [5, 5.41) is 38.2. The number of Topliss-reactive ketones (excluding diaryl/α,β-unsaturated/α-hetero) is 1. The van der Waals surface area contributed by atoms with E-state index < -0.39 is 24.3 Å². The molecule has 6 nitrogen and oxygen atoms in total. The second-order valence-electron chi connectivity index (χ2n) is 6.99. The molecule has 0 saturated heterocycles. The highest BCUT2D eigenvalue weighted by molar-refractivity contribution is 5.79. The number of carbonyl (C=O) groups is 2. The van der Waals surface area contributed by atoms with Crippen LogP contribution in [0.1, 0.15) is 58.3 Å². The second-order valence-corrected chi connectivity index (χ2v) is 6.99. The first-order valence-electron chi connectivity index (χ1n) is 9.47. The highest BCUT2D eigenvalue weighted by atomic mass is 16.4. The molecule has 0 spiro atoms. The van der Waals surface area contributed by atoms with Gasteiger partial charge in [-0.3, -0.25) is 4.79 Å². The van der Waals surface area contributed by atoms with Crippen LogP contribution in [-0.2, 0) is 9.59 Å². The molecule has 0 aromatic heterocycles. The molecule has 1 aliphatic rings. The van der Waals surface area contributed by atoms with Crippen molar-refractivity contribution in [1.29, 1.82) is 0 Å². The number of aliphatic hydroxyl groups excluding tert-OH is 3. The van der Waals surface area contributed by atoms with E-state index in [1.165, 1.54) is 0 Å². The molecule has 0 radical (unpaired) electrons. The number of ketones is 1. The molecule has 1 fully saturated rings. The molecule has 1 saturated carbocycles. The molecule has 1 aliphatic carbocycles. The summed E-state index contributed by atoms with van der Waals surface area (Å²) in [6.45, 7) is 2.08. The predicted molar refractivity (Wildman–Crippen MR) is 98.5 cm³/mol. The van der Waals surface area contributed by atoms with Gasteiger partial charge in [-0.25, -0.2) is 4.79 Å². The summed E-state index contributed by atoms with van der Waals surface area (Å²) in [5.41, 5.74) is 0. The van der Waals surface area contributed by atoms with Gasteiger partial charge in [0.05, 0.1) is 12.2 Å². The summed E-state index contributed by atoms with van der Waals surface area (Å²) < 4.78 is 0. The van der Waals surface area contributed by atoms with Crippen LogP contribution < -0.4 is 0 Å². The lowest BCUT2D eigenvalue weighted by atomic mass is 9.87. The maximum Gasteiger partial charge on any atom is 0.332 e. The van der Waals surface area contributed by atoms with Crippen molar-refractivity contribution < 1.29 is 30.0 Å². The number of rotatable bonds is 12. The fraction of sp³-hybridized carbons (Fsp3) is 0.700. The summed E-state index contributed by atoms with van der Waals surface area (Å²) in [4.78, 5) is 22.7. The van der Waals surface area contributed by atoms with Crippen molar-refractivity contribution in [3.05, 3.63) is 24.3 Å². The summed E-state index contributed by atoms with van der Waals surface area (Å²) in [7, 11) is 0. The van der Waals surface area contributed by atoms with E-state index in [9.17, 15) is 24.9 Å². The minimum absolute atomic E-state index is 0.0333. The molecule has 0 aromatic rings. The van der Waals surface area contributed by atoms with E-state index in [2.05, 4.69) is 19.1 Å². The third-order valence-corrected chi connectivity index (χ3v) is 4.86. The van der Waals surface area contributed by atoms with E-state index in [1.54, 1.807) is 0 Å². The largest absolute Gasteiger partial charge is 0.479 e. The van der Waals surface area contributed by atoms with Gasteiger partial charge in [0.2, 0.25) is 0 Å². The van der Waals surface area contributed by atoms with Crippen LogP contribution in [0.2, 0.25) is 0 Å². The second kappa shape index (κ2) is 12.0. The highest BCUT2D eigenvalue weighted by Gasteiger charge is 2.40. The first-order valence-corrected chi connectivity index (χ1v) is 9.47. The lowest BCUT2D eigenvalue weighted by Crippen LogP contribution is -2.24. The summed E-state index contributed by atoms with van der Waals surface area (Å²) in [6.07, 6.45) is 8.99. The standard InChI is InChI=1S/C20H32O6/c1-2-3-4-5-6-7-10-15-16(19(24)13-18(15)23)12-14(21)9-8-11-17(22)20(25)26/h3-4,7,10,15-19,22-24H,2,5-6,8-9,11-13H2,1H3,(H,25,26)/b4-3-,10-7+/t15-,16-,17?,18-,19+/m1/s1. The Bertz CT molecular complexity index is 499. The van der Waals surface area contributed by atoms with E-state index in [4.69, 9.17) is 5.11 Å². The molecule has 0 amide bonds. The van der Waals surface area contributed by atoms with Crippen LogP contribution in [0, 0.1) is 11.8 Å². The van der Waals surface area contributed by atoms with Gasteiger partial charge in [-0.05, 0) is 32.1 Å². The lowest BCUT2D eigenvalue weighted by Gasteiger charge is -2.20. The normalized spacial score (nSPS) is 27.4. The topological polar surface area (TPSA) is 115 Å². The summed E-state index contributed by atoms with van der Waals surface area (Å²) in [5.74, 6) is -1.92. The Hall–Kier alpha value is -1.50. The predicted octanol–water partition coefficient (Wildman–Crippen LogP) is 2.22. The van der Waals surface area contributed by atoms with E-state index in [1.807, 2.05) is 12.2 Å². The van der Waals surface area contributed by atoms with E-state index >= 15 is 0 Å². The molecule has 1 rings (SSSR count). The molecule has 148 valence electrons. The third kappa shape index (κ3) is 7.81. The summed E-state index contributed by atoms with van der Waals surface area (Å²) >= 11 is 0. The zero-order valence-corrected chi connectivity index (χ0v) is 15.5. The third-order valence-electron chi connectivity index (χ3n) is 4.86. The first-order chi connectivity index (χ1) is 12.4. The van der Waals surface area contributed by atoms with Gasteiger partial charge in [-0.1, -0.05) is 31.2 Å². The van der Waals surface area contributed by atoms with Crippen molar-refractivity contribution >= 4 is 11.8 Å². The number of hydrogen-bond donors (Lipinski definition) is 4. The van der Waals surface area contributed by atoms with Crippen LogP contribution in [0.15, 0.2) is 24.3 Å². The van der Waals surface area contributed by atoms with Crippen molar-refractivity contribution in [3.8, 4) is 0 Å². The van der Waals surface area contributed by atoms with Gasteiger partial charge in [0.15, 0.2) is 6.10 Å². The monoisotopic (exact) mass is 368 g/mol. The molecule has 0 heterocycles. The number of carboxylic acids is 1. The van der Waals surface area contributed by atoms with Crippen LogP contribution in [0.4, 0.5) is 0 Å². The maximum absolute atomic E-state index is 12.1. The van der Waals surface area contributed by atoms with Crippen molar-refractivity contribution in [3.63, 3.8) is 0 Å². The number of aliphatic hydroxyl groups is 3. The van der Waals surface area contributed by atoms with Crippen LogP contribution >= 0.6 is 0 Å². The fourth-order valence-corrected chi connectivity index (χ4v) is 3.38. The first kappa shape index (κ1) is 22.5. The Morgan fingerprint density at radius 3 is 2.46 bits per heavy atom. The number of carbonyl (C=O) groups excluding carboxylic acids is 1. The van der Waals surface area contributed by atoms with Gasteiger partial charge < -0.3 is 20.4 Å². The Morgan fingerprint density at radius 2 is 1.81 bits per heavy atom. The van der Waals surface area contributed by atoms with Crippen LogP contribution in [0.25, 0.3) is 0 Å². The van der Waals surface area contributed by atoms with Crippen LogP contribution in [-0.4, -0.2) is 50.5 Å². The van der Waals surface area contributed by atoms with Crippen molar-refractivity contribution in [1.82, 2.24) is 0 Å². The quantitative estimate of drug-likeness (QED) is 0.310. The zero-order valence-electron chi connectivity index (χ0n) is 15.5. The Balaban J connectivity index is 2.47. The average molecular weight is 368 g/mol. The number of hydrogen-bond acceptors (Lipinski definition) is 5. The molecular weight excluding hydrogens is 336 g/mol. The molecule has 0 aliphatic heterocycles. The number of allylic oxidation sites excluding steroid dienone is 3. The molecule has 5 atom stereocenters. The highest BCUT2D eigenvalue weighted by Crippen LogP contribution is 2.36. The molecule has 6 heteroatoms. The zero-order chi connectivity index (χ0) is 19.5. The molecular formula is C20H32O6. The van der Waals surface area contributed by atoms with Crippen molar-refractivity contribution in [2.75, 3.05) is 0 Å². The summed E-state index contributed by atoms with van der Waals surface area (Å²) in [6, 6.07) is 0. The molecule has 0 bridgehead atoms. The minimum Gasteiger partial charge on any atom is -0.479 e. The van der Waals surface area contributed by atoms with Gasteiger partial charge in [0.25, 0.3) is 0 Å². The molecule has 0 aromatic carbocycles. The minimum atomic E-state index is -1.45. The van der Waals surface area contributed by atoms with E-state index in [-0.39, 0.29) is 43.3 Å². The van der Waals surface area contributed by atoms with E-state index in [0.717, 1.165) is 19.3 Å². The van der Waals surface area contributed by atoms with Gasteiger partial charge >= 0.3 is 5.97 Å². The fourth-order valence-electron chi connectivity index (χ4n) is 3.38. The molecule has 4 N–H and O–H groups in total. The lowest BCUT2D eigenvalue weighted by molar-refractivity contribution is -0.147. The Kier molecular flexibility index (Phi) is 10.4. The van der Waals surface area contributed by atoms with Gasteiger partial charge in [-0.2, -0.15) is 0 Å². The Labute approximate surface area is 155 Å². The smallest absolute Gasteiger partial charge is 0.332 e. The molecule has 1 unspecified atom stereocenters. The van der Waals surface area contributed by atoms with E-state index in [0.29, 0.717) is 6.42 Å². The number of carboxylic acid groups (broad SMARTS) is 1. The van der Waals surface area contributed by atoms with Gasteiger partial charge in [0.1, 0.15) is 5.78 Å². The number of unbranched alkanes of at least 4 members (excludes halogenated alkanes) is 1. The van der Waals surface area contributed by atoms with Crippen molar-refractivity contribution in [2.24, 2.45) is 11.8 Å². The van der Waals surface area contributed by atoms with Crippen molar-refractivity contribution in [2.45, 2.75) is 76.6 Å². The van der Waals surface area contributed by atoms with Crippen LogP contribution in [0.5, 0.6) is 0 Å².